The number of rotatable bonds is 2. The number of carbonyl (C=O) groups is 1. The van der Waals surface area contributed by atoms with Crippen LogP contribution in [-0.2, 0) is 4.79 Å². The van der Waals surface area contributed by atoms with Crippen LogP contribution in [0.3, 0.4) is 0 Å². The van der Waals surface area contributed by atoms with Crippen LogP contribution in [0.2, 0.25) is 0 Å². The molecule has 2 aromatic heterocycles. The van der Waals surface area contributed by atoms with Crippen LogP contribution in [0.25, 0.3) is 5.65 Å². The monoisotopic (exact) mass is 259 g/mol. The van der Waals surface area contributed by atoms with Gasteiger partial charge in [-0.25, -0.2) is 0 Å². The van der Waals surface area contributed by atoms with E-state index in [1.54, 1.807) is 0 Å². The van der Waals surface area contributed by atoms with Gasteiger partial charge in [0.1, 0.15) is 5.82 Å². The molecule has 5 nitrogen and oxygen atoms in total. The third kappa shape index (κ3) is 2.09. The Hall–Kier alpha value is -1.91. The summed E-state index contributed by atoms with van der Waals surface area (Å²) in [4.78, 5) is 11.4. The molecule has 0 aliphatic heterocycles. The zero-order valence-electron chi connectivity index (χ0n) is 10.9. The summed E-state index contributed by atoms with van der Waals surface area (Å²) in [6.07, 6.45) is 5.61. The molecule has 0 saturated heterocycles. The third-order valence-corrected chi connectivity index (χ3v) is 4.01. The topological polar surface area (TPSA) is 67.5 Å². The van der Waals surface area contributed by atoms with Gasteiger partial charge in [0.15, 0.2) is 5.65 Å². The Bertz CT molecular complexity index is 620. The lowest BCUT2D eigenvalue weighted by molar-refractivity contribution is -0.143. The molecule has 1 fully saturated rings. The largest absolute Gasteiger partial charge is 0.481 e. The van der Waals surface area contributed by atoms with Crippen molar-refractivity contribution in [3.8, 4) is 0 Å². The van der Waals surface area contributed by atoms with Crippen LogP contribution in [0.1, 0.15) is 43.0 Å². The molecule has 0 aromatic carbocycles. The second-order valence-corrected chi connectivity index (χ2v) is 5.33. The maximum atomic E-state index is 11.4. The maximum Gasteiger partial charge on any atom is 0.307 e. The Balaban J connectivity index is 2.04. The number of carboxylic acid groups (broad SMARTS) is 1. The molecule has 2 aromatic rings. The van der Waals surface area contributed by atoms with Crippen LogP contribution in [0.5, 0.6) is 0 Å². The maximum absolute atomic E-state index is 11.4. The zero-order chi connectivity index (χ0) is 13.4. The lowest BCUT2D eigenvalue weighted by atomic mass is 9.79. The van der Waals surface area contributed by atoms with Gasteiger partial charge in [-0.3, -0.25) is 9.20 Å². The lowest BCUT2D eigenvalue weighted by Crippen LogP contribution is -2.26. The minimum Gasteiger partial charge on any atom is -0.481 e. The number of nitrogens with zero attached hydrogens (tertiary/aromatic N) is 3. The van der Waals surface area contributed by atoms with E-state index in [2.05, 4.69) is 10.2 Å². The summed E-state index contributed by atoms with van der Waals surface area (Å²) in [6, 6.07) is 3.97. The molecule has 1 aliphatic rings. The summed E-state index contributed by atoms with van der Waals surface area (Å²) in [5, 5.41) is 17.8. The molecule has 0 amide bonds. The molecule has 5 heteroatoms. The van der Waals surface area contributed by atoms with Crippen LogP contribution in [0, 0.1) is 12.8 Å². The first-order valence-corrected chi connectivity index (χ1v) is 6.71. The highest BCUT2D eigenvalue weighted by atomic mass is 16.4. The molecular formula is C14H17N3O2. The summed E-state index contributed by atoms with van der Waals surface area (Å²) >= 11 is 0. The van der Waals surface area contributed by atoms with E-state index in [9.17, 15) is 9.90 Å². The van der Waals surface area contributed by atoms with Gasteiger partial charge >= 0.3 is 5.97 Å². The summed E-state index contributed by atoms with van der Waals surface area (Å²) in [7, 11) is 0. The van der Waals surface area contributed by atoms with E-state index in [0.717, 1.165) is 42.7 Å². The standard InChI is InChI=1S/C14H17N3O2/c1-9-6-7-17-12(8-9)15-16-13(17)10-4-2-3-5-11(10)14(18)19/h6-8,10-11H,2-5H2,1H3,(H,18,19). The van der Waals surface area contributed by atoms with Gasteiger partial charge < -0.3 is 5.11 Å². The first-order valence-electron chi connectivity index (χ1n) is 6.71. The molecule has 2 heterocycles. The molecule has 1 N–H and O–H groups in total. The van der Waals surface area contributed by atoms with Crippen molar-refractivity contribution in [2.24, 2.45) is 5.92 Å². The number of hydrogen-bond acceptors (Lipinski definition) is 3. The number of hydrogen-bond donors (Lipinski definition) is 1. The predicted octanol–water partition coefficient (Wildman–Crippen LogP) is 2.40. The average Bonchev–Trinajstić information content (AvgIpc) is 2.81. The smallest absolute Gasteiger partial charge is 0.307 e. The van der Waals surface area contributed by atoms with Crippen LogP contribution in [0.15, 0.2) is 18.3 Å². The van der Waals surface area contributed by atoms with Gasteiger partial charge in [0, 0.05) is 12.1 Å². The van der Waals surface area contributed by atoms with E-state index in [1.807, 2.05) is 29.7 Å². The van der Waals surface area contributed by atoms with Gasteiger partial charge in [0.2, 0.25) is 0 Å². The second-order valence-electron chi connectivity index (χ2n) is 5.33. The molecule has 1 aliphatic carbocycles. The van der Waals surface area contributed by atoms with Gasteiger partial charge in [-0.15, -0.1) is 10.2 Å². The van der Waals surface area contributed by atoms with Gasteiger partial charge in [0.25, 0.3) is 0 Å². The van der Waals surface area contributed by atoms with Crippen molar-refractivity contribution >= 4 is 11.6 Å². The van der Waals surface area contributed by atoms with Crippen molar-refractivity contribution in [3.63, 3.8) is 0 Å². The highest BCUT2D eigenvalue weighted by molar-refractivity contribution is 5.71. The Morgan fingerprint density at radius 2 is 2.16 bits per heavy atom. The van der Waals surface area contributed by atoms with E-state index in [-0.39, 0.29) is 11.8 Å². The Morgan fingerprint density at radius 1 is 1.37 bits per heavy atom. The minimum absolute atomic E-state index is 0.0241. The molecule has 2 unspecified atom stereocenters. The van der Waals surface area contributed by atoms with Crippen molar-refractivity contribution in [1.29, 1.82) is 0 Å². The third-order valence-electron chi connectivity index (χ3n) is 4.01. The Labute approximate surface area is 111 Å². The van der Waals surface area contributed by atoms with Gasteiger partial charge in [-0.1, -0.05) is 12.8 Å². The first kappa shape index (κ1) is 12.1. The fourth-order valence-electron chi connectivity index (χ4n) is 3.00. The zero-order valence-corrected chi connectivity index (χ0v) is 10.9. The van der Waals surface area contributed by atoms with Crippen molar-refractivity contribution in [2.75, 3.05) is 0 Å². The Morgan fingerprint density at radius 3 is 2.95 bits per heavy atom. The second kappa shape index (κ2) is 4.64. The summed E-state index contributed by atoms with van der Waals surface area (Å²) in [5.74, 6) is -0.276. The van der Waals surface area contributed by atoms with E-state index in [1.165, 1.54) is 0 Å². The van der Waals surface area contributed by atoms with Crippen molar-refractivity contribution in [2.45, 2.75) is 38.5 Å². The average molecular weight is 259 g/mol. The van der Waals surface area contributed by atoms with E-state index in [4.69, 9.17) is 0 Å². The van der Waals surface area contributed by atoms with Crippen LogP contribution in [-0.4, -0.2) is 25.7 Å². The quantitative estimate of drug-likeness (QED) is 0.899. The molecule has 0 spiro atoms. The molecule has 1 saturated carbocycles. The summed E-state index contributed by atoms with van der Waals surface area (Å²) in [6.45, 7) is 2.01. The molecular weight excluding hydrogens is 242 g/mol. The van der Waals surface area contributed by atoms with Crippen LogP contribution >= 0.6 is 0 Å². The SMILES string of the molecule is Cc1ccn2c(C3CCCCC3C(=O)O)nnc2c1. The number of pyridine rings is 1. The van der Waals surface area contributed by atoms with Gasteiger partial charge in [-0.05, 0) is 37.5 Å². The fraction of sp³-hybridized carbons (Fsp3) is 0.500. The summed E-state index contributed by atoms with van der Waals surface area (Å²) in [5.41, 5.74) is 1.93. The highest BCUT2D eigenvalue weighted by Gasteiger charge is 2.34. The lowest BCUT2D eigenvalue weighted by Gasteiger charge is -2.27. The highest BCUT2D eigenvalue weighted by Crippen LogP contribution is 2.37. The van der Waals surface area contributed by atoms with E-state index < -0.39 is 5.97 Å². The predicted molar refractivity (Wildman–Crippen MR) is 70.1 cm³/mol. The molecule has 0 radical (unpaired) electrons. The van der Waals surface area contributed by atoms with Crippen molar-refractivity contribution in [1.82, 2.24) is 14.6 Å². The van der Waals surface area contributed by atoms with Crippen LogP contribution < -0.4 is 0 Å². The fourth-order valence-corrected chi connectivity index (χ4v) is 3.00. The van der Waals surface area contributed by atoms with Crippen LogP contribution in [0.4, 0.5) is 0 Å². The van der Waals surface area contributed by atoms with Gasteiger partial charge in [0.05, 0.1) is 5.92 Å². The number of aromatic nitrogens is 3. The molecule has 19 heavy (non-hydrogen) atoms. The number of carboxylic acids is 1. The molecule has 3 rings (SSSR count). The molecule has 0 bridgehead atoms. The molecule has 2 atom stereocenters. The number of fused-ring (bicyclic) bond motifs is 1. The Kier molecular flexibility index (Phi) is 2.97. The van der Waals surface area contributed by atoms with Gasteiger partial charge in [-0.2, -0.15) is 0 Å². The summed E-state index contributed by atoms with van der Waals surface area (Å²) < 4.78 is 1.93. The normalized spacial score (nSPS) is 23.6. The first-order chi connectivity index (χ1) is 9.16. The van der Waals surface area contributed by atoms with E-state index in [0.29, 0.717) is 0 Å². The number of aliphatic carboxylic acids is 1. The number of aryl methyl sites for hydroxylation is 1. The molecule has 100 valence electrons. The van der Waals surface area contributed by atoms with Crippen molar-refractivity contribution < 1.29 is 9.90 Å². The van der Waals surface area contributed by atoms with Crippen molar-refractivity contribution in [3.05, 3.63) is 29.7 Å². The minimum atomic E-state index is -0.714. The van der Waals surface area contributed by atoms with E-state index >= 15 is 0 Å².